The molecule has 0 saturated heterocycles. The van der Waals surface area contributed by atoms with Crippen molar-refractivity contribution in [1.82, 2.24) is 0 Å². The van der Waals surface area contributed by atoms with Gasteiger partial charge in [-0.05, 0) is 18.4 Å². The minimum Gasteiger partial charge on any atom is -0.462 e. The number of thiophene rings is 1. The van der Waals surface area contributed by atoms with E-state index in [1.165, 1.54) is 17.5 Å². The van der Waals surface area contributed by atoms with E-state index in [1.54, 1.807) is 24.4 Å². The van der Waals surface area contributed by atoms with Gasteiger partial charge in [0, 0.05) is 6.20 Å². The van der Waals surface area contributed by atoms with Crippen molar-refractivity contribution < 1.29 is 9.53 Å². The third-order valence-electron chi connectivity index (χ3n) is 1.75. The lowest BCUT2D eigenvalue weighted by atomic mass is 10.3. The lowest BCUT2D eigenvalue weighted by Crippen LogP contribution is -2.07. The monoisotopic (exact) mass is 247 g/mol. The Morgan fingerprint density at radius 1 is 1.65 bits per heavy atom. The molecule has 0 bridgehead atoms. The SMILES string of the molecule is CCOC(=O)/C(C#N)=C/Nc1sccc1C#N. The van der Waals surface area contributed by atoms with Crippen LogP contribution in [-0.4, -0.2) is 12.6 Å². The zero-order valence-electron chi connectivity index (χ0n) is 9.06. The molecule has 0 fully saturated rings. The van der Waals surface area contributed by atoms with Crippen LogP contribution >= 0.6 is 11.3 Å². The van der Waals surface area contributed by atoms with Gasteiger partial charge in [-0.2, -0.15) is 10.5 Å². The third-order valence-corrected chi connectivity index (χ3v) is 2.59. The normalized spacial score (nSPS) is 10.2. The molecule has 1 aromatic rings. The topological polar surface area (TPSA) is 85.9 Å². The molecule has 0 aromatic carbocycles. The highest BCUT2D eigenvalue weighted by molar-refractivity contribution is 7.14. The van der Waals surface area contributed by atoms with Gasteiger partial charge >= 0.3 is 5.97 Å². The molecule has 0 radical (unpaired) electrons. The van der Waals surface area contributed by atoms with Gasteiger partial charge in [0.2, 0.25) is 0 Å². The smallest absolute Gasteiger partial charge is 0.350 e. The van der Waals surface area contributed by atoms with Crippen molar-refractivity contribution >= 4 is 22.3 Å². The predicted molar refractivity (Wildman–Crippen MR) is 63.0 cm³/mol. The van der Waals surface area contributed by atoms with Gasteiger partial charge in [-0.3, -0.25) is 0 Å². The van der Waals surface area contributed by atoms with Crippen LogP contribution in [0.2, 0.25) is 0 Å². The average molecular weight is 247 g/mol. The van der Waals surface area contributed by atoms with Crippen molar-refractivity contribution in [3.8, 4) is 12.1 Å². The van der Waals surface area contributed by atoms with Crippen LogP contribution in [0.1, 0.15) is 12.5 Å². The van der Waals surface area contributed by atoms with Gasteiger partial charge in [-0.1, -0.05) is 0 Å². The van der Waals surface area contributed by atoms with Gasteiger partial charge in [0.15, 0.2) is 5.57 Å². The minimum absolute atomic E-state index is 0.135. The Labute approximate surface area is 103 Å². The van der Waals surface area contributed by atoms with E-state index in [4.69, 9.17) is 15.3 Å². The highest BCUT2D eigenvalue weighted by Crippen LogP contribution is 2.22. The number of esters is 1. The first-order valence-electron chi connectivity index (χ1n) is 4.74. The molecule has 0 aliphatic carbocycles. The summed E-state index contributed by atoms with van der Waals surface area (Å²) >= 11 is 1.31. The zero-order chi connectivity index (χ0) is 12.7. The van der Waals surface area contributed by atoms with Crippen LogP contribution in [0.15, 0.2) is 23.2 Å². The van der Waals surface area contributed by atoms with E-state index >= 15 is 0 Å². The van der Waals surface area contributed by atoms with Gasteiger partial charge in [-0.15, -0.1) is 11.3 Å². The third kappa shape index (κ3) is 3.33. The quantitative estimate of drug-likeness (QED) is 0.499. The van der Waals surface area contributed by atoms with E-state index in [1.807, 2.05) is 6.07 Å². The molecule has 1 heterocycles. The number of hydrogen-bond donors (Lipinski definition) is 1. The fraction of sp³-hybridized carbons (Fsp3) is 0.182. The first-order valence-corrected chi connectivity index (χ1v) is 5.62. The number of nitriles is 2. The molecule has 0 atom stereocenters. The molecule has 86 valence electrons. The van der Waals surface area contributed by atoms with Gasteiger partial charge in [0.05, 0.1) is 12.2 Å². The molecule has 1 aromatic heterocycles. The first-order chi connectivity index (χ1) is 8.22. The molecule has 0 unspecified atom stereocenters. The number of hydrogen-bond acceptors (Lipinski definition) is 6. The van der Waals surface area contributed by atoms with Crippen molar-refractivity contribution in [2.45, 2.75) is 6.92 Å². The number of carbonyl (C=O) groups excluding carboxylic acids is 1. The molecule has 17 heavy (non-hydrogen) atoms. The second-order valence-electron chi connectivity index (χ2n) is 2.81. The maximum atomic E-state index is 11.3. The van der Waals surface area contributed by atoms with Gasteiger partial charge in [-0.25, -0.2) is 4.79 Å². The fourth-order valence-electron chi connectivity index (χ4n) is 0.992. The van der Waals surface area contributed by atoms with Crippen molar-refractivity contribution in [3.63, 3.8) is 0 Å². The summed E-state index contributed by atoms with van der Waals surface area (Å²) in [6.45, 7) is 1.87. The second kappa shape index (κ2) is 6.31. The van der Waals surface area contributed by atoms with Crippen molar-refractivity contribution in [2.75, 3.05) is 11.9 Å². The number of nitrogens with one attached hydrogen (secondary N) is 1. The van der Waals surface area contributed by atoms with E-state index in [0.29, 0.717) is 10.6 Å². The van der Waals surface area contributed by atoms with Gasteiger partial charge in [0.25, 0.3) is 0 Å². The molecular weight excluding hydrogens is 238 g/mol. The Bertz CT molecular complexity index is 520. The molecule has 6 heteroatoms. The highest BCUT2D eigenvalue weighted by atomic mass is 32.1. The van der Waals surface area contributed by atoms with Crippen LogP contribution in [0, 0.1) is 22.7 Å². The lowest BCUT2D eigenvalue weighted by molar-refractivity contribution is -0.138. The van der Waals surface area contributed by atoms with E-state index in [2.05, 4.69) is 5.32 Å². The van der Waals surface area contributed by atoms with Crippen LogP contribution in [0.5, 0.6) is 0 Å². The lowest BCUT2D eigenvalue weighted by Gasteiger charge is -2.00. The molecule has 0 spiro atoms. The Hall–Kier alpha value is -2.31. The average Bonchev–Trinajstić information content (AvgIpc) is 2.77. The number of anilines is 1. The molecule has 0 saturated carbocycles. The van der Waals surface area contributed by atoms with Gasteiger partial charge < -0.3 is 10.1 Å². The summed E-state index contributed by atoms with van der Waals surface area (Å²) in [4.78, 5) is 11.3. The van der Waals surface area contributed by atoms with E-state index in [-0.39, 0.29) is 12.2 Å². The van der Waals surface area contributed by atoms with Gasteiger partial charge in [0.1, 0.15) is 17.1 Å². The standard InChI is InChI=1S/C11H9N3O2S/c1-2-16-11(15)9(6-13)7-14-10-8(5-12)3-4-17-10/h3-4,7,14H,2H2,1H3/b9-7+. The maximum Gasteiger partial charge on any atom is 0.350 e. The summed E-state index contributed by atoms with van der Waals surface area (Å²) < 4.78 is 4.69. The molecule has 0 aliphatic rings. The van der Waals surface area contributed by atoms with E-state index in [0.717, 1.165) is 0 Å². The Morgan fingerprint density at radius 3 is 3.00 bits per heavy atom. The van der Waals surface area contributed by atoms with Crippen molar-refractivity contribution in [3.05, 3.63) is 28.8 Å². The molecule has 5 nitrogen and oxygen atoms in total. The van der Waals surface area contributed by atoms with E-state index < -0.39 is 5.97 Å². The number of ether oxygens (including phenoxy) is 1. The highest BCUT2D eigenvalue weighted by Gasteiger charge is 2.10. The summed E-state index contributed by atoms with van der Waals surface area (Å²) in [7, 11) is 0. The Kier molecular flexibility index (Phi) is 4.74. The summed E-state index contributed by atoms with van der Waals surface area (Å²) in [5.74, 6) is -0.683. The summed E-state index contributed by atoms with van der Waals surface area (Å²) in [6.07, 6.45) is 1.24. The molecule has 0 aliphatic heterocycles. The maximum absolute atomic E-state index is 11.3. The molecule has 1 rings (SSSR count). The van der Waals surface area contributed by atoms with Crippen LogP contribution < -0.4 is 5.32 Å². The Morgan fingerprint density at radius 2 is 2.41 bits per heavy atom. The summed E-state index contributed by atoms with van der Waals surface area (Å²) in [6, 6.07) is 5.37. The number of nitrogens with zero attached hydrogens (tertiary/aromatic N) is 2. The fourth-order valence-corrected chi connectivity index (χ4v) is 1.70. The Balaban J connectivity index is 2.79. The number of carbonyl (C=O) groups is 1. The zero-order valence-corrected chi connectivity index (χ0v) is 9.87. The van der Waals surface area contributed by atoms with Crippen LogP contribution in [0.25, 0.3) is 0 Å². The van der Waals surface area contributed by atoms with Crippen LogP contribution in [0.4, 0.5) is 5.00 Å². The largest absolute Gasteiger partial charge is 0.462 e. The van der Waals surface area contributed by atoms with E-state index in [9.17, 15) is 4.79 Å². The number of rotatable bonds is 4. The summed E-state index contributed by atoms with van der Waals surface area (Å²) in [5, 5.41) is 22.6. The summed E-state index contributed by atoms with van der Waals surface area (Å²) in [5.41, 5.74) is 0.330. The molecular formula is C11H9N3O2S. The van der Waals surface area contributed by atoms with Crippen molar-refractivity contribution in [2.24, 2.45) is 0 Å². The first kappa shape index (κ1) is 12.8. The van der Waals surface area contributed by atoms with Crippen molar-refractivity contribution in [1.29, 1.82) is 10.5 Å². The van der Waals surface area contributed by atoms with Crippen LogP contribution in [-0.2, 0) is 9.53 Å². The molecule has 1 N–H and O–H groups in total. The molecule has 0 amide bonds. The predicted octanol–water partition coefficient (Wildman–Crippen LogP) is 2.00. The van der Waals surface area contributed by atoms with Crippen LogP contribution in [0.3, 0.4) is 0 Å². The minimum atomic E-state index is -0.683. The second-order valence-corrected chi connectivity index (χ2v) is 3.73.